The third-order valence-electron chi connectivity index (χ3n) is 3.00. The number of piperidine rings is 1. The standard InChI is InChI=1S/C11H15BrN2OS/c1-13-9-2-4-14(5-3-9)11(15)8-6-10(12)16-7-8/h6-7,9,13H,2-5H2,1H3. The van der Waals surface area contributed by atoms with Crippen molar-refractivity contribution in [3.05, 3.63) is 20.8 Å². The van der Waals surface area contributed by atoms with Crippen molar-refractivity contribution in [1.29, 1.82) is 0 Å². The van der Waals surface area contributed by atoms with E-state index in [0.717, 1.165) is 35.3 Å². The first-order valence-corrected chi connectivity index (χ1v) is 7.08. The van der Waals surface area contributed by atoms with Crippen LogP contribution in [0.3, 0.4) is 0 Å². The van der Waals surface area contributed by atoms with Crippen molar-refractivity contribution in [3.8, 4) is 0 Å². The van der Waals surface area contributed by atoms with E-state index in [0.29, 0.717) is 6.04 Å². The minimum Gasteiger partial charge on any atom is -0.339 e. The molecule has 1 fully saturated rings. The number of hydrogen-bond donors (Lipinski definition) is 1. The summed E-state index contributed by atoms with van der Waals surface area (Å²) in [7, 11) is 1.98. The van der Waals surface area contributed by atoms with Gasteiger partial charge in [-0.1, -0.05) is 0 Å². The van der Waals surface area contributed by atoms with Crippen LogP contribution in [0.5, 0.6) is 0 Å². The minimum absolute atomic E-state index is 0.163. The maximum Gasteiger partial charge on any atom is 0.254 e. The molecule has 3 nitrogen and oxygen atoms in total. The fourth-order valence-corrected chi connectivity index (χ4v) is 3.11. The molecule has 1 aliphatic heterocycles. The average Bonchev–Trinajstić information content (AvgIpc) is 2.75. The Morgan fingerprint density at radius 1 is 1.56 bits per heavy atom. The lowest BCUT2D eigenvalue weighted by Gasteiger charge is -2.31. The molecule has 5 heteroatoms. The summed E-state index contributed by atoms with van der Waals surface area (Å²) in [4.78, 5) is 14.0. The van der Waals surface area contributed by atoms with E-state index in [2.05, 4.69) is 21.2 Å². The Labute approximate surface area is 108 Å². The Morgan fingerprint density at radius 2 is 2.25 bits per heavy atom. The van der Waals surface area contributed by atoms with E-state index in [-0.39, 0.29) is 5.91 Å². The number of carbonyl (C=O) groups is 1. The molecule has 0 radical (unpaired) electrons. The van der Waals surface area contributed by atoms with Crippen LogP contribution in [0.1, 0.15) is 23.2 Å². The molecule has 1 saturated heterocycles. The molecule has 88 valence electrons. The van der Waals surface area contributed by atoms with Gasteiger partial charge in [0.05, 0.1) is 9.35 Å². The zero-order chi connectivity index (χ0) is 11.5. The van der Waals surface area contributed by atoms with Gasteiger partial charge in [-0.25, -0.2) is 0 Å². The molecule has 1 aliphatic rings. The van der Waals surface area contributed by atoms with E-state index >= 15 is 0 Å². The monoisotopic (exact) mass is 302 g/mol. The Balaban J connectivity index is 1.96. The van der Waals surface area contributed by atoms with Gasteiger partial charge in [0.15, 0.2) is 0 Å². The summed E-state index contributed by atoms with van der Waals surface area (Å²) >= 11 is 4.94. The second-order valence-corrected chi connectivity index (χ2v) is 6.29. The number of halogens is 1. The van der Waals surface area contributed by atoms with Crippen LogP contribution < -0.4 is 5.32 Å². The molecule has 1 aromatic rings. The molecule has 0 aromatic carbocycles. The smallest absolute Gasteiger partial charge is 0.254 e. The number of likely N-dealkylation sites (tertiary alicyclic amines) is 1. The minimum atomic E-state index is 0.163. The van der Waals surface area contributed by atoms with Gasteiger partial charge in [0.2, 0.25) is 0 Å². The number of amides is 1. The quantitative estimate of drug-likeness (QED) is 0.909. The maximum atomic E-state index is 12.1. The average molecular weight is 303 g/mol. The number of nitrogens with one attached hydrogen (secondary N) is 1. The molecule has 2 heterocycles. The van der Waals surface area contributed by atoms with Crippen LogP contribution in [-0.2, 0) is 0 Å². The summed E-state index contributed by atoms with van der Waals surface area (Å²) in [5, 5.41) is 5.18. The summed E-state index contributed by atoms with van der Waals surface area (Å²) in [6.45, 7) is 1.72. The molecule has 1 aromatic heterocycles. The molecule has 0 bridgehead atoms. The summed E-state index contributed by atoms with van der Waals surface area (Å²) in [5.41, 5.74) is 0.805. The van der Waals surface area contributed by atoms with E-state index in [9.17, 15) is 4.79 Å². The Hall–Kier alpha value is -0.390. The molecule has 16 heavy (non-hydrogen) atoms. The molecule has 0 aliphatic carbocycles. The van der Waals surface area contributed by atoms with Gasteiger partial charge < -0.3 is 10.2 Å². The Kier molecular flexibility index (Phi) is 4.00. The Morgan fingerprint density at radius 3 is 2.75 bits per heavy atom. The van der Waals surface area contributed by atoms with Crippen LogP contribution in [0.2, 0.25) is 0 Å². The highest BCUT2D eigenvalue weighted by Gasteiger charge is 2.23. The molecule has 0 unspecified atom stereocenters. The van der Waals surface area contributed by atoms with E-state index in [1.807, 2.05) is 23.4 Å². The number of rotatable bonds is 2. The van der Waals surface area contributed by atoms with Crippen molar-refractivity contribution in [2.45, 2.75) is 18.9 Å². The number of nitrogens with zero attached hydrogens (tertiary/aromatic N) is 1. The number of carbonyl (C=O) groups excluding carboxylic acids is 1. The second-order valence-electron chi connectivity index (χ2n) is 3.99. The van der Waals surface area contributed by atoms with Crippen molar-refractivity contribution >= 4 is 33.2 Å². The normalized spacial score (nSPS) is 17.8. The maximum absolute atomic E-state index is 12.1. The first kappa shape index (κ1) is 12.1. The lowest BCUT2D eigenvalue weighted by molar-refractivity contribution is 0.0708. The van der Waals surface area contributed by atoms with Crippen molar-refractivity contribution in [2.24, 2.45) is 0 Å². The second kappa shape index (κ2) is 5.29. The molecule has 0 saturated carbocycles. The highest BCUT2D eigenvalue weighted by molar-refractivity contribution is 9.11. The topological polar surface area (TPSA) is 32.3 Å². The predicted molar refractivity (Wildman–Crippen MR) is 70.0 cm³/mol. The van der Waals surface area contributed by atoms with Crippen LogP contribution in [-0.4, -0.2) is 37.0 Å². The predicted octanol–water partition coefficient (Wildman–Crippen LogP) is 2.33. The molecule has 0 spiro atoms. The van der Waals surface area contributed by atoms with Gasteiger partial charge in [-0.2, -0.15) is 0 Å². The van der Waals surface area contributed by atoms with Crippen molar-refractivity contribution in [3.63, 3.8) is 0 Å². The van der Waals surface area contributed by atoms with Gasteiger partial charge in [-0.15, -0.1) is 11.3 Å². The first-order valence-electron chi connectivity index (χ1n) is 5.41. The zero-order valence-corrected chi connectivity index (χ0v) is 11.6. The molecular weight excluding hydrogens is 288 g/mol. The van der Waals surface area contributed by atoms with Crippen LogP contribution in [0, 0.1) is 0 Å². The Bertz CT molecular complexity index is 372. The summed E-state index contributed by atoms with van der Waals surface area (Å²) in [5.74, 6) is 0.163. The molecule has 1 N–H and O–H groups in total. The van der Waals surface area contributed by atoms with E-state index in [1.165, 1.54) is 0 Å². The highest BCUT2D eigenvalue weighted by Crippen LogP contribution is 2.22. The van der Waals surface area contributed by atoms with E-state index < -0.39 is 0 Å². The molecule has 0 atom stereocenters. The zero-order valence-electron chi connectivity index (χ0n) is 9.20. The van der Waals surface area contributed by atoms with Crippen molar-refractivity contribution in [2.75, 3.05) is 20.1 Å². The van der Waals surface area contributed by atoms with Gasteiger partial charge in [0, 0.05) is 24.5 Å². The summed E-state index contributed by atoms with van der Waals surface area (Å²) in [6.07, 6.45) is 2.10. The van der Waals surface area contributed by atoms with Gasteiger partial charge in [-0.3, -0.25) is 4.79 Å². The van der Waals surface area contributed by atoms with Crippen LogP contribution in [0.4, 0.5) is 0 Å². The number of thiophene rings is 1. The van der Waals surface area contributed by atoms with Gasteiger partial charge in [0.1, 0.15) is 0 Å². The lowest BCUT2D eigenvalue weighted by atomic mass is 10.0. The van der Waals surface area contributed by atoms with Crippen LogP contribution in [0.25, 0.3) is 0 Å². The van der Waals surface area contributed by atoms with Gasteiger partial charge in [-0.05, 0) is 41.9 Å². The fourth-order valence-electron chi connectivity index (χ4n) is 1.98. The van der Waals surface area contributed by atoms with Gasteiger partial charge >= 0.3 is 0 Å². The summed E-state index contributed by atoms with van der Waals surface area (Å²) < 4.78 is 1.01. The molecule has 2 rings (SSSR count). The van der Waals surface area contributed by atoms with Crippen LogP contribution in [0.15, 0.2) is 15.2 Å². The van der Waals surface area contributed by atoms with Gasteiger partial charge in [0.25, 0.3) is 5.91 Å². The third kappa shape index (κ3) is 2.64. The first-order chi connectivity index (χ1) is 7.70. The molecule has 1 amide bonds. The number of hydrogen-bond acceptors (Lipinski definition) is 3. The summed E-state index contributed by atoms with van der Waals surface area (Å²) in [6, 6.07) is 2.47. The fraction of sp³-hybridized carbons (Fsp3) is 0.545. The lowest BCUT2D eigenvalue weighted by Crippen LogP contribution is -2.43. The largest absolute Gasteiger partial charge is 0.339 e. The third-order valence-corrected chi connectivity index (χ3v) is 4.51. The van der Waals surface area contributed by atoms with E-state index in [1.54, 1.807) is 11.3 Å². The van der Waals surface area contributed by atoms with E-state index in [4.69, 9.17) is 0 Å². The van der Waals surface area contributed by atoms with Crippen molar-refractivity contribution in [1.82, 2.24) is 10.2 Å². The molecular formula is C11H15BrN2OS. The van der Waals surface area contributed by atoms with Crippen molar-refractivity contribution < 1.29 is 4.79 Å². The SMILES string of the molecule is CNC1CCN(C(=O)c2csc(Br)c2)CC1. The van der Waals surface area contributed by atoms with Crippen LogP contribution >= 0.6 is 27.3 Å². The highest BCUT2D eigenvalue weighted by atomic mass is 79.9.